The maximum Gasteiger partial charge on any atom is 0.297 e. The predicted molar refractivity (Wildman–Crippen MR) is 89.8 cm³/mol. The zero-order valence-corrected chi connectivity index (χ0v) is 13.5. The topological polar surface area (TPSA) is 98.9 Å². The smallest absolute Gasteiger partial charge is 0.297 e. The Morgan fingerprint density at radius 1 is 1.33 bits per heavy atom. The predicted octanol–water partition coefficient (Wildman–Crippen LogP) is 3.30. The molecule has 0 aliphatic rings. The molecule has 2 aromatic heterocycles. The summed E-state index contributed by atoms with van der Waals surface area (Å²) in [6.45, 7) is 2.23. The van der Waals surface area contributed by atoms with Gasteiger partial charge in [0.15, 0.2) is 10.6 Å². The SMILES string of the molecule is CCOc1ccc(-n2c(-c3ccncc3)n[nH]c2=S)c([N+](=O)[O-])c1. The molecule has 0 saturated heterocycles. The van der Waals surface area contributed by atoms with Crippen LogP contribution in [0.3, 0.4) is 0 Å². The zero-order chi connectivity index (χ0) is 17.1. The summed E-state index contributed by atoms with van der Waals surface area (Å²) >= 11 is 5.26. The van der Waals surface area contributed by atoms with Gasteiger partial charge in [-0.1, -0.05) is 0 Å². The van der Waals surface area contributed by atoms with Crippen LogP contribution >= 0.6 is 12.2 Å². The summed E-state index contributed by atoms with van der Waals surface area (Å²) < 4.78 is 7.13. The first-order valence-corrected chi connectivity index (χ1v) is 7.52. The Hall–Kier alpha value is -3.07. The fraction of sp³-hybridized carbons (Fsp3) is 0.133. The third-order valence-corrected chi connectivity index (χ3v) is 3.58. The van der Waals surface area contributed by atoms with Gasteiger partial charge in [-0.05, 0) is 43.4 Å². The fourth-order valence-corrected chi connectivity index (χ4v) is 2.54. The summed E-state index contributed by atoms with van der Waals surface area (Å²) in [5.41, 5.74) is 0.934. The minimum atomic E-state index is -0.469. The number of benzene rings is 1. The Morgan fingerprint density at radius 2 is 2.08 bits per heavy atom. The fourth-order valence-electron chi connectivity index (χ4n) is 2.31. The van der Waals surface area contributed by atoms with E-state index in [9.17, 15) is 10.1 Å². The Kier molecular flexibility index (Phi) is 4.34. The average Bonchev–Trinajstić information content (AvgIpc) is 2.97. The van der Waals surface area contributed by atoms with Crippen LogP contribution in [0.15, 0.2) is 42.7 Å². The Bertz CT molecular complexity index is 936. The van der Waals surface area contributed by atoms with Crippen molar-refractivity contribution in [1.29, 1.82) is 0 Å². The number of nitro benzene ring substituents is 1. The first-order valence-electron chi connectivity index (χ1n) is 7.11. The first kappa shape index (κ1) is 15.8. The van der Waals surface area contributed by atoms with Gasteiger partial charge in [-0.3, -0.25) is 24.8 Å². The lowest BCUT2D eigenvalue weighted by atomic mass is 10.2. The molecule has 8 nitrogen and oxygen atoms in total. The van der Waals surface area contributed by atoms with Crippen molar-refractivity contribution >= 4 is 17.9 Å². The molecule has 9 heteroatoms. The van der Waals surface area contributed by atoms with Crippen LogP contribution in [-0.4, -0.2) is 31.3 Å². The Labute approximate surface area is 141 Å². The van der Waals surface area contributed by atoms with Crippen molar-refractivity contribution in [2.24, 2.45) is 0 Å². The zero-order valence-electron chi connectivity index (χ0n) is 12.7. The second kappa shape index (κ2) is 6.59. The van der Waals surface area contributed by atoms with Crippen molar-refractivity contribution in [1.82, 2.24) is 19.7 Å². The molecule has 0 radical (unpaired) electrons. The highest BCUT2D eigenvalue weighted by Gasteiger charge is 2.21. The van der Waals surface area contributed by atoms with E-state index in [4.69, 9.17) is 17.0 Å². The van der Waals surface area contributed by atoms with Crippen LogP contribution in [-0.2, 0) is 0 Å². The van der Waals surface area contributed by atoms with Gasteiger partial charge in [0.2, 0.25) is 0 Å². The molecule has 0 fully saturated rings. The number of nitrogens with zero attached hydrogens (tertiary/aromatic N) is 4. The quantitative estimate of drug-likeness (QED) is 0.433. The molecule has 0 bridgehead atoms. The number of rotatable bonds is 5. The van der Waals surface area contributed by atoms with E-state index in [1.165, 1.54) is 10.6 Å². The minimum absolute atomic E-state index is 0.117. The molecule has 24 heavy (non-hydrogen) atoms. The number of aromatic amines is 1. The summed E-state index contributed by atoms with van der Waals surface area (Å²) in [7, 11) is 0. The molecule has 122 valence electrons. The highest BCUT2D eigenvalue weighted by Crippen LogP contribution is 2.31. The third-order valence-electron chi connectivity index (χ3n) is 3.31. The van der Waals surface area contributed by atoms with E-state index in [1.807, 2.05) is 6.92 Å². The van der Waals surface area contributed by atoms with E-state index in [-0.39, 0.29) is 10.5 Å². The van der Waals surface area contributed by atoms with E-state index >= 15 is 0 Å². The molecule has 0 aliphatic carbocycles. The van der Waals surface area contributed by atoms with E-state index < -0.39 is 4.92 Å². The van der Waals surface area contributed by atoms with Crippen LogP contribution in [0.4, 0.5) is 5.69 Å². The molecule has 3 aromatic rings. The maximum absolute atomic E-state index is 11.5. The molecular weight excluding hydrogens is 330 g/mol. The molecule has 0 atom stereocenters. The average molecular weight is 343 g/mol. The molecular formula is C15H13N5O3S. The maximum atomic E-state index is 11.5. The molecule has 0 aliphatic heterocycles. The van der Waals surface area contributed by atoms with Gasteiger partial charge in [-0.2, -0.15) is 5.10 Å². The van der Waals surface area contributed by atoms with Crippen LogP contribution in [0.5, 0.6) is 5.75 Å². The third kappa shape index (κ3) is 2.88. The molecule has 1 aromatic carbocycles. The lowest BCUT2D eigenvalue weighted by molar-refractivity contribution is -0.384. The van der Waals surface area contributed by atoms with Crippen LogP contribution in [0.1, 0.15) is 6.92 Å². The van der Waals surface area contributed by atoms with Gasteiger partial charge in [0, 0.05) is 18.0 Å². The van der Waals surface area contributed by atoms with E-state index in [2.05, 4.69) is 15.2 Å². The van der Waals surface area contributed by atoms with Crippen molar-refractivity contribution in [3.05, 3.63) is 57.6 Å². The number of H-pyrrole nitrogens is 1. The van der Waals surface area contributed by atoms with Crippen LogP contribution in [0.2, 0.25) is 0 Å². The summed E-state index contributed by atoms with van der Waals surface area (Å²) in [6, 6.07) is 8.14. The monoisotopic (exact) mass is 343 g/mol. The number of hydrogen-bond donors (Lipinski definition) is 1. The normalized spacial score (nSPS) is 10.5. The van der Waals surface area contributed by atoms with E-state index in [1.54, 1.807) is 36.7 Å². The summed E-state index contributed by atoms with van der Waals surface area (Å²) in [5, 5.41) is 18.4. The van der Waals surface area contributed by atoms with E-state index in [0.717, 1.165) is 5.56 Å². The van der Waals surface area contributed by atoms with E-state index in [0.29, 0.717) is 23.9 Å². The number of nitrogens with one attached hydrogen (secondary N) is 1. The first-order chi connectivity index (χ1) is 11.6. The lowest BCUT2D eigenvalue weighted by Gasteiger charge is -2.09. The second-order valence-electron chi connectivity index (χ2n) is 4.76. The molecule has 0 amide bonds. The van der Waals surface area contributed by atoms with Crippen LogP contribution in [0, 0.1) is 14.9 Å². The van der Waals surface area contributed by atoms with Gasteiger partial charge in [-0.15, -0.1) is 0 Å². The number of nitro groups is 1. The van der Waals surface area contributed by atoms with Crippen molar-refractivity contribution < 1.29 is 9.66 Å². The van der Waals surface area contributed by atoms with Gasteiger partial charge >= 0.3 is 0 Å². The number of aromatic nitrogens is 4. The largest absolute Gasteiger partial charge is 0.494 e. The molecule has 3 rings (SSSR count). The van der Waals surface area contributed by atoms with Gasteiger partial charge in [0.25, 0.3) is 5.69 Å². The number of hydrogen-bond acceptors (Lipinski definition) is 6. The van der Waals surface area contributed by atoms with Gasteiger partial charge in [-0.25, -0.2) is 0 Å². The highest BCUT2D eigenvalue weighted by molar-refractivity contribution is 7.71. The Morgan fingerprint density at radius 3 is 2.75 bits per heavy atom. The van der Waals surface area contributed by atoms with Gasteiger partial charge < -0.3 is 4.74 Å². The highest BCUT2D eigenvalue weighted by atomic mass is 32.1. The number of pyridine rings is 1. The lowest BCUT2D eigenvalue weighted by Crippen LogP contribution is -2.03. The minimum Gasteiger partial charge on any atom is -0.494 e. The molecule has 1 N–H and O–H groups in total. The molecule has 0 spiro atoms. The summed E-state index contributed by atoms with van der Waals surface area (Å²) in [6.07, 6.45) is 3.23. The number of ether oxygens (including phenoxy) is 1. The second-order valence-corrected chi connectivity index (χ2v) is 5.15. The van der Waals surface area contributed by atoms with Crippen molar-refractivity contribution in [2.75, 3.05) is 6.61 Å². The van der Waals surface area contributed by atoms with Crippen molar-refractivity contribution in [3.63, 3.8) is 0 Å². The summed E-state index contributed by atoms with van der Waals surface area (Å²) in [4.78, 5) is 15.0. The summed E-state index contributed by atoms with van der Waals surface area (Å²) in [5.74, 6) is 0.892. The van der Waals surface area contributed by atoms with Crippen LogP contribution < -0.4 is 4.74 Å². The molecule has 0 saturated carbocycles. The standard InChI is InChI=1S/C15H13N5O3S/c1-2-23-11-3-4-12(13(9-11)20(21)22)19-14(17-18-15(19)24)10-5-7-16-8-6-10/h3-9H,2H2,1H3,(H,18,24). The van der Waals surface area contributed by atoms with Gasteiger partial charge in [0.1, 0.15) is 11.4 Å². The van der Waals surface area contributed by atoms with Crippen LogP contribution in [0.25, 0.3) is 17.1 Å². The van der Waals surface area contributed by atoms with Gasteiger partial charge in [0.05, 0.1) is 17.6 Å². The van der Waals surface area contributed by atoms with Crippen molar-refractivity contribution in [3.8, 4) is 22.8 Å². The van der Waals surface area contributed by atoms with Crippen molar-refractivity contribution in [2.45, 2.75) is 6.92 Å². The Balaban J connectivity index is 2.22. The molecule has 0 unspecified atom stereocenters. The molecule has 2 heterocycles.